The van der Waals surface area contributed by atoms with Crippen molar-refractivity contribution in [1.82, 2.24) is 5.43 Å². The monoisotopic (exact) mass is 560 g/mol. The maximum Gasteiger partial charge on any atom is 0.329 e. The van der Waals surface area contributed by atoms with E-state index in [1.807, 2.05) is 39.0 Å². The molecule has 0 spiro atoms. The number of hydrogen-bond donors (Lipinski definition) is 3. The minimum atomic E-state index is -0.927. The average Bonchev–Trinajstić information content (AvgIpc) is 2.95. The van der Waals surface area contributed by atoms with Crippen LogP contribution in [0.4, 0.5) is 11.4 Å². The fourth-order valence-electron chi connectivity index (χ4n) is 3.65. The Morgan fingerprint density at radius 1 is 0.829 bits per heavy atom. The quantitative estimate of drug-likeness (QED) is 0.117. The molecule has 0 radical (unpaired) electrons. The molecule has 0 heterocycles. The third-order valence-electron chi connectivity index (χ3n) is 5.75. The molecule has 0 atom stereocenters. The largest absolute Gasteiger partial charge is 0.494 e. The summed E-state index contributed by atoms with van der Waals surface area (Å²) >= 11 is 0. The standard InChI is InChI=1S/C31H36N4O6/c1-5-7-16-40-25-12-10-24(11-13-25)33-30(37)31(38)35-32-19-23-9-15-27(28(18-23)39-6-2)41-20-29(36)34-26-14-8-21(3)17-22(26)4/h8-15,17-19H,5-7,16,20H2,1-4H3,(H,33,37)(H,34,36)(H,35,38)/b32-19-. The zero-order valence-electron chi connectivity index (χ0n) is 23.8. The number of anilines is 2. The molecular formula is C31H36N4O6. The van der Waals surface area contributed by atoms with E-state index in [0.29, 0.717) is 41.7 Å². The minimum Gasteiger partial charge on any atom is -0.494 e. The van der Waals surface area contributed by atoms with Crippen molar-refractivity contribution in [3.05, 3.63) is 77.4 Å². The van der Waals surface area contributed by atoms with Crippen LogP contribution in [0.15, 0.2) is 65.8 Å². The molecule has 0 aliphatic carbocycles. The van der Waals surface area contributed by atoms with Crippen LogP contribution in [0.2, 0.25) is 0 Å². The van der Waals surface area contributed by atoms with E-state index < -0.39 is 11.8 Å². The van der Waals surface area contributed by atoms with E-state index in [1.54, 1.807) is 42.5 Å². The number of benzene rings is 3. The van der Waals surface area contributed by atoms with Crippen LogP contribution in [0, 0.1) is 13.8 Å². The fraction of sp³-hybridized carbons (Fsp3) is 0.290. The van der Waals surface area contributed by atoms with Crippen molar-refractivity contribution in [3.8, 4) is 17.2 Å². The van der Waals surface area contributed by atoms with E-state index in [1.165, 1.54) is 6.21 Å². The van der Waals surface area contributed by atoms with Crippen molar-refractivity contribution < 1.29 is 28.6 Å². The number of ether oxygens (including phenoxy) is 3. The summed E-state index contributed by atoms with van der Waals surface area (Å²) < 4.78 is 16.9. The van der Waals surface area contributed by atoms with Crippen molar-refractivity contribution >= 4 is 35.3 Å². The summed E-state index contributed by atoms with van der Waals surface area (Å²) in [4.78, 5) is 36.8. The van der Waals surface area contributed by atoms with Gasteiger partial charge >= 0.3 is 11.8 Å². The van der Waals surface area contributed by atoms with Crippen LogP contribution in [0.1, 0.15) is 43.4 Å². The molecule has 3 rings (SSSR count). The highest BCUT2D eigenvalue weighted by molar-refractivity contribution is 6.39. The van der Waals surface area contributed by atoms with Gasteiger partial charge in [-0.2, -0.15) is 5.10 Å². The molecule has 0 bridgehead atoms. The summed E-state index contributed by atoms with van der Waals surface area (Å²) in [5.41, 5.74) is 6.04. The summed E-state index contributed by atoms with van der Waals surface area (Å²) in [5.74, 6) is -0.618. The molecule has 0 saturated carbocycles. The van der Waals surface area contributed by atoms with Gasteiger partial charge in [0.25, 0.3) is 5.91 Å². The lowest BCUT2D eigenvalue weighted by atomic mass is 10.1. The number of carbonyl (C=O) groups is 3. The molecule has 3 amide bonds. The van der Waals surface area contributed by atoms with Gasteiger partial charge in [0, 0.05) is 11.4 Å². The Balaban J connectivity index is 1.51. The van der Waals surface area contributed by atoms with Gasteiger partial charge in [0.15, 0.2) is 18.1 Å². The Labute approximate surface area is 240 Å². The van der Waals surface area contributed by atoms with Gasteiger partial charge in [-0.15, -0.1) is 0 Å². The first-order chi connectivity index (χ1) is 19.8. The lowest BCUT2D eigenvalue weighted by Crippen LogP contribution is -2.32. The number of unbranched alkanes of at least 4 members (excludes halogenated alkanes) is 1. The molecule has 0 fully saturated rings. The summed E-state index contributed by atoms with van der Waals surface area (Å²) in [6.07, 6.45) is 3.36. The summed E-state index contributed by atoms with van der Waals surface area (Å²) in [7, 11) is 0. The number of hydrazone groups is 1. The minimum absolute atomic E-state index is 0.208. The van der Waals surface area contributed by atoms with E-state index in [2.05, 4.69) is 28.1 Å². The van der Waals surface area contributed by atoms with Crippen LogP contribution in [0.3, 0.4) is 0 Å². The molecule has 10 heteroatoms. The number of aryl methyl sites for hydroxylation is 2. The van der Waals surface area contributed by atoms with Gasteiger partial charge in [-0.05, 0) is 86.8 Å². The van der Waals surface area contributed by atoms with E-state index in [4.69, 9.17) is 14.2 Å². The lowest BCUT2D eigenvalue weighted by Gasteiger charge is -2.13. The van der Waals surface area contributed by atoms with E-state index in [9.17, 15) is 14.4 Å². The predicted molar refractivity (Wildman–Crippen MR) is 159 cm³/mol. The molecule has 3 N–H and O–H groups in total. The molecule has 0 aromatic heterocycles. The highest BCUT2D eigenvalue weighted by atomic mass is 16.5. The van der Waals surface area contributed by atoms with Crippen LogP contribution in [0.5, 0.6) is 17.2 Å². The van der Waals surface area contributed by atoms with Gasteiger partial charge in [0.05, 0.1) is 19.4 Å². The van der Waals surface area contributed by atoms with Crippen LogP contribution >= 0.6 is 0 Å². The summed E-state index contributed by atoms with van der Waals surface area (Å²) in [6, 6.07) is 17.5. The molecule has 41 heavy (non-hydrogen) atoms. The van der Waals surface area contributed by atoms with Crippen LogP contribution < -0.4 is 30.3 Å². The molecule has 0 unspecified atom stereocenters. The van der Waals surface area contributed by atoms with Gasteiger partial charge in [-0.3, -0.25) is 14.4 Å². The first-order valence-corrected chi connectivity index (χ1v) is 13.4. The average molecular weight is 561 g/mol. The maximum absolute atomic E-state index is 12.4. The normalized spacial score (nSPS) is 10.6. The van der Waals surface area contributed by atoms with Crippen molar-refractivity contribution in [2.75, 3.05) is 30.5 Å². The van der Waals surface area contributed by atoms with Crippen LogP contribution in [0.25, 0.3) is 0 Å². The molecular weight excluding hydrogens is 524 g/mol. The van der Waals surface area contributed by atoms with Crippen molar-refractivity contribution in [2.24, 2.45) is 5.10 Å². The molecule has 3 aromatic rings. The molecule has 0 saturated heterocycles. The second-order valence-corrected chi connectivity index (χ2v) is 9.17. The van der Waals surface area contributed by atoms with Gasteiger partial charge in [0.2, 0.25) is 0 Å². The van der Waals surface area contributed by atoms with Gasteiger partial charge in [0.1, 0.15) is 5.75 Å². The first kappa shape index (κ1) is 30.7. The van der Waals surface area contributed by atoms with Crippen molar-refractivity contribution in [3.63, 3.8) is 0 Å². The van der Waals surface area contributed by atoms with Gasteiger partial charge in [-0.1, -0.05) is 31.0 Å². The highest BCUT2D eigenvalue weighted by Gasteiger charge is 2.14. The Morgan fingerprint density at radius 3 is 2.32 bits per heavy atom. The summed E-state index contributed by atoms with van der Waals surface area (Å²) in [5, 5.41) is 9.21. The summed E-state index contributed by atoms with van der Waals surface area (Å²) in [6.45, 7) is 8.60. The third-order valence-corrected chi connectivity index (χ3v) is 5.75. The number of amides is 3. The SMILES string of the molecule is CCCCOc1ccc(NC(=O)C(=O)N/N=C\c2ccc(OCC(=O)Nc3ccc(C)cc3C)c(OCC)c2)cc1. The highest BCUT2D eigenvalue weighted by Crippen LogP contribution is 2.28. The second-order valence-electron chi connectivity index (χ2n) is 9.17. The second kappa shape index (κ2) is 15.7. The van der Waals surface area contributed by atoms with Crippen molar-refractivity contribution in [2.45, 2.75) is 40.5 Å². The topological polar surface area (TPSA) is 127 Å². The Hall–Kier alpha value is -4.86. The predicted octanol–water partition coefficient (Wildman–Crippen LogP) is 4.99. The number of carbonyl (C=O) groups excluding carboxylic acids is 3. The number of nitrogens with one attached hydrogen (secondary N) is 3. The first-order valence-electron chi connectivity index (χ1n) is 13.4. The van der Waals surface area contributed by atoms with E-state index in [-0.39, 0.29) is 12.5 Å². The molecule has 0 aliphatic rings. The number of nitrogens with zero attached hydrogens (tertiary/aromatic N) is 1. The van der Waals surface area contributed by atoms with Gasteiger partial charge < -0.3 is 24.8 Å². The van der Waals surface area contributed by atoms with E-state index >= 15 is 0 Å². The van der Waals surface area contributed by atoms with Crippen LogP contribution in [-0.2, 0) is 14.4 Å². The Bertz CT molecular complexity index is 1370. The number of hydrogen-bond acceptors (Lipinski definition) is 7. The Kier molecular flexibility index (Phi) is 11.7. The van der Waals surface area contributed by atoms with E-state index in [0.717, 1.165) is 29.7 Å². The van der Waals surface area contributed by atoms with Crippen molar-refractivity contribution in [1.29, 1.82) is 0 Å². The molecule has 3 aromatic carbocycles. The van der Waals surface area contributed by atoms with Gasteiger partial charge in [-0.25, -0.2) is 5.43 Å². The maximum atomic E-state index is 12.4. The molecule has 10 nitrogen and oxygen atoms in total. The zero-order valence-corrected chi connectivity index (χ0v) is 23.8. The third kappa shape index (κ3) is 9.99. The van der Waals surface area contributed by atoms with Crippen LogP contribution in [-0.4, -0.2) is 43.8 Å². The lowest BCUT2D eigenvalue weighted by molar-refractivity contribution is -0.136. The Morgan fingerprint density at radius 2 is 1.61 bits per heavy atom. The number of rotatable bonds is 13. The fourth-order valence-corrected chi connectivity index (χ4v) is 3.65. The molecule has 216 valence electrons. The molecule has 0 aliphatic heterocycles. The zero-order chi connectivity index (χ0) is 29.6. The smallest absolute Gasteiger partial charge is 0.329 e.